The van der Waals surface area contributed by atoms with Crippen LogP contribution < -0.4 is 20.9 Å². The van der Waals surface area contributed by atoms with E-state index in [1.807, 2.05) is 38.4 Å². The van der Waals surface area contributed by atoms with E-state index in [1.54, 1.807) is 12.1 Å². The second-order valence-corrected chi connectivity index (χ2v) is 8.68. The molecule has 3 N–H and O–H groups in total. The normalized spacial score (nSPS) is 11.4. The van der Waals surface area contributed by atoms with Crippen LogP contribution in [0, 0.1) is 10.7 Å². The summed E-state index contributed by atoms with van der Waals surface area (Å²) < 4.78 is 14.8. The van der Waals surface area contributed by atoms with Crippen LogP contribution in [0.25, 0.3) is 11.1 Å². The van der Waals surface area contributed by atoms with Crippen molar-refractivity contribution in [1.82, 2.24) is 10.6 Å². The molecule has 9 heteroatoms. The lowest BCUT2D eigenvalue weighted by molar-refractivity contribution is -0.119. The molecule has 3 aromatic carbocycles. The van der Waals surface area contributed by atoms with Gasteiger partial charge in [-0.1, -0.05) is 36.4 Å². The molecule has 1 unspecified atom stereocenters. The first kappa shape index (κ1) is 26.6. The summed E-state index contributed by atoms with van der Waals surface area (Å²) in [4.78, 5) is 28.3. The van der Waals surface area contributed by atoms with E-state index < -0.39 is 6.10 Å². The molecule has 36 heavy (non-hydrogen) atoms. The highest BCUT2D eigenvalue weighted by Gasteiger charge is 2.12. The fourth-order valence-corrected chi connectivity index (χ4v) is 3.62. The van der Waals surface area contributed by atoms with Crippen LogP contribution in [0.2, 0.25) is 0 Å². The van der Waals surface area contributed by atoms with Crippen molar-refractivity contribution in [2.45, 2.75) is 26.1 Å². The van der Waals surface area contributed by atoms with Crippen molar-refractivity contribution >= 4 is 17.3 Å². The van der Waals surface area contributed by atoms with E-state index in [2.05, 4.69) is 50.5 Å². The van der Waals surface area contributed by atoms with Gasteiger partial charge in [0.1, 0.15) is 5.82 Å². The fourth-order valence-electron chi connectivity index (χ4n) is 3.62. The SMILES string of the molecule is CC(=O)NCC(CNc1ccc(-c2ccc(CNCc3ccc(N(C)C)cc3)cc2)c(F)c1)ON=O. The second-order valence-electron chi connectivity index (χ2n) is 8.68. The molecule has 0 heterocycles. The summed E-state index contributed by atoms with van der Waals surface area (Å²) >= 11 is 0. The molecule has 0 radical (unpaired) electrons. The van der Waals surface area contributed by atoms with E-state index in [1.165, 1.54) is 24.2 Å². The molecule has 0 bridgehead atoms. The molecule has 0 aliphatic heterocycles. The number of nitrogens with zero attached hydrogens (tertiary/aromatic N) is 2. The molecule has 0 aromatic heterocycles. The van der Waals surface area contributed by atoms with Gasteiger partial charge in [0.25, 0.3) is 0 Å². The van der Waals surface area contributed by atoms with Crippen molar-refractivity contribution in [3.63, 3.8) is 0 Å². The maximum absolute atomic E-state index is 14.8. The van der Waals surface area contributed by atoms with Gasteiger partial charge < -0.3 is 25.7 Å². The number of hydrogen-bond donors (Lipinski definition) is 3. The lowest BCUT2D eigenvalue weighted by Gasteiger charge is -2.16. The maximum Gasteiger partial charge on any atom is 0.217 e. The summed E-state index contributed by atoms with van der Waals surface area (Å²) in [6, 6.07) is 21.0. The smallest absolute Gasteiger partial charge is 0.217 e. The third-order valence-electron chi connectivity index (χ3n) is 5.65. The predicted octanol–water partition coefficient (Wildman–Crippen LogP) is 4.46. The summed E-state index contributed by atoms with van der Waals surface area (Å²) in [5.41, 5.74) is 5.28. The number of rotatable bonds is 13. The van der Waals surface area contributed by atoms with Gasteiger partial charge in [0.05, 0.1) is 13.1 Å². The quantitative estimate of drug-likeness (QED) is 0.240. The van der Waals surface area contributed by atoms with Crippen LogP contribution in [0.15, 0.2) is 72.1 Å². The summed E-state index contributed by atoms with van der Waals surface area (Å²) in [7, 11) is 4.04. The Balaban J connectivity index is 1.53. The number of carbonyl (C=O) groups excluding carboxylic acids is 1. The minimum atomic E-state index is -0.673. The molecule has 0 aliphatic carbocycles. The molecule has 0 saturated carbocycles. The topological polar surface area (TPSA) is 95.1 Å². The average Bonchev–Trinajstić information content (AvgIpc) is 2.86. The Bertz CT molecular complexity index is 1140. The number of benzene rings is 3. The van der Waals surface area contributed by atoms with Gasteiger partial charge in [-0.2, -0.15) is 0 Å². The van der Waals surface area contributed by atoms with Crippen molar-refractivity contribution in [1.29, 1.82) is 0 Å². The number of hydrogen-bond acceptors (Lipinski definition) is 7. The first-order valence-electron chi connectivity index (χ1n) is 11.7. The maximum atomic E-state index is 14.8. The van der Waals surface area contributed by atoms with Crippen molar-refractivity contribution in [3.8, 4) is 11.1 Å². The van der Waals surface area contributed by atoms with Gasteiger partial charge >= 0.3 is 0 Å². The van der Waals surface area contributed by atoms with Gasteiger partial charge in [0, 0.05) is 51.0 Å². The van der Waals surface area contributed by atoms with Gasteiger partial charge in [0.15, 0.2) is 11.4 Å². The third kappa shape index (κ3) is 8.06. The molecule has 3 rings (SSSR count). The van der Waals surface area contributed by atoms with E-state index in [0.29, 0.717) is 17.8 Å². The largest absolute Gasteiger partial charge is 0.381 e. The molecule has 0 spiro atoms. The first-order chi connectivity index (χ1) is 17.4. The highest BCUT2D eigenvalue weighted by atomic mass is 19.1. The first-order valence-corrected chi connectivity index (χ1v) is 11.7. The van der Waals surface area contributed by atoms with Gasteiger partial charge in [0.2, 0.25) is 5.91 Å². The average molecular weight is 494 g/mol. The number of amides is 1. The van der Waals surface area contributed by atoms with Gasteiger partial charge in [-0.05, 0) is 47.0 Å². The van der Waals surface area contributed by atoms with Gasteiger partial charge in [-0.3, -0.25) is 4.79 Å². The Morgan fingerprint density at radius 2 is 1.61 bits per heavy atom. The zero-order valence-electron chi connectivity index (χ0n) is 20.8. The van der Waals surface area contributed by atoms with Crippen LogP contribution in [-0.4, -0.2) is 39.2 Å². The zero-order valence-corrected chi connectivity index (χ0v) is 20.8. The molecule has 8 nitrogen and oxygen atoms in total. The third-order valence-corrected chi connectivity index (χ3v) is 5.65. The van der Waals surface area contributed by atoms with Crippen molar-refractivity contribution in [2.75, 3.05) is 37.4 Å². The molecule has 0 saturated heterocycles. The molecule has 1 atom stereocenters. The lowest BCUT2D eigenvalue weighted by atomic mass is 10.0. The molecule has 0 aliphatic rings. The van der Waals surface area contributed by atoms with Crippen molar-refractivity contribution < 1.29 is 14.0 Å². The lowest BCUT2D eigenvalue weighted by Crippen LogP contribution is -2.35. The minimum Gasteiger partial charge on any atom is -0.381 e. The fraction of sp³-hybridized carbons (Fsp3) is 0.296. The highest BCUT2D eigenvalue weighted by Crippen LogP contribution is 2.26. The number of halogens is 1. The predicted molar refractivity (Wildman–Crippen MR) is 141 cm³/mol. The van der Waals surface area contributed by atoms with E-state index in [0.717, 1.165) is 17.7 Å². The summed E-state index contributed by atoms with van der Waals surface area (Å²) in [5, 5.41) is 11.4. The second kappa shape index (κ2) is 13.2. The van der Waals surface area contributed by atoms with Crippen LogP contribution in [0.3, 0.4) is 0 Å². The van der Waals surface area contributed by atoms with Gasteiger partial charge in [-0.15, -0.1) is 4.91 Å². The Morgan fingerprint density at radius 1 is 0.972 bits per heavy atom. The minimum absolute atomic E-state index is 0.110. The van der Waals surface area contributed by atoms with Crippen LogP contribution in [-0.2, 0) is 22.7 Å². The van der Waals surface area contributed by atoms with Gasteiger partial charge in [-0.25, -0.2) is 4.39 Å². The van der Waals surface area contributed by atoms with E-state index in [4.69, 9.17) is 4.84 Å². The Hall–Kier alpha value is -3.98. The van der Waals surface area contributed by atoms with E-state index in [9.17, 15) is 14.1 Å². The van der Waals surface area contributed by atoms with E-state index >= 15 is 0 Å². The van der Waals surface area contributed by atoms with Crippen molar-refractivity contribution in [2.24, 2.45) is 5.34 Å². The molecular formula is C27H32FN5O3. The van der Waals surface area contributed by atoms with Crippen LogP contribution >= 0.6 is 0 Å². The number of carbonyl (C=O) groups is 1. The molecule has 3 aromatic rings. The molecule has 190 valence electrons. The molecular weight excluding hydrogens is 461 g/mol. The Morgan fingerprint density at radius 3 is 2.17 bits per heavy atom. The monoisotopic (exact) mass is 493 g/mol. The Labute approximate surface area is 210 Å². The number of anilines is 2. The summed E-state index contributed by atoms with van der Waals surface area (Å²) in [6.45, 7) is 3.11. The highest BCUT2D eigenvalue weighted by molar-refractivity contribution is 5.72. The summed E-state index contributed by atoms with van der Waals surface area (Å²) in [5.74, 6) is -0.624. The van der Waals surface area contributed by atoms with E-state index in [-0.39, 0.29) is 24.8 Å². The standard InChI is InChI=1S/C27H32FN5O3/c1-19(34)30-17-25(36-32-35)18-31-23-10-13-26(27(28)14-23)22-8-4-20(5-9-22)15-29-16-21-6-11-24(12-7-21)33(2)3/h4-14,25,29,31H,15-18H2,1-3H3,(H,30,34). The molecule has 0 fully saturated rings. The van der Waals surface area contributed by atoms with Crippen molar-refractivity contribution in [3.05, 3.63) is 88.6 Å². The van der Waals surface area contributed by atoms with Crippen LogP contribution in [0.4, 0.5) is 15.8 Å². The van der Waals surface area contributed by atoms with Crippen LogP contribution in [0.5, 0.6) is 0 Å². The number of nitrogens with one attached hydrogen (secondary N) is 3. The Kier molecular flexibility index (Phi) is 9.76. The zero-order chi connectivity index (χ0) is 25.9. The molecule has 1 amide bonds. The summed E-state index contributed by atoms with van der Waals surface area (Å²) in [6.07, 6.45) is -0.673. The van der Waals surface area contributed by atoms with Crippen LogP contribution in [0.1, 0.15) is 18.1 Å².